The van der Waals surface area contributed by atoms with Crippen LogP contribution in [0.1, 0.15) is 37.3 Å². The molecule has 2 N–H and O–H groups in total. The minimum absolute atomic E-state index is 0.0532. The van der Waals surface area contributed by atoms with Gasteiger partial charge >= 0.3 is 5.97 Å². The molecule has 0 aromatic heterocycles. The molecule has 112 valence electrons. The molecule has 2 aliphatic rings. The van der Waals surface area contributed by atoms with Crippen LogP contribution in [0.4, 0.5) is 0 Å². The highest BCUT2D eigenvalue weighted by atomic mass is 16.4. The summed E-state index contributed by atoms with van der Waals surface area (Å²) in [6, 6.07) is 9.43. The van der Waals surface area contributed by atoms with Gasteiger partial charge in [-0.25, -0.2) is 0 Å². The van der Waals surface area contributed by atoms with Crippen molar-refractivity contribution in [1.82, 2.24) is 10.2 Å². The molecule has 1 aliphatic heterocycles. The molecule has 3 rings (SSSR count). The van der Waals surface area contributed by atoms with Gasteiger partial charge in [-0.05, 0) is 18.4 Å². The van der Waals surface area contributed by atoms with Gasteiger partial charge in [0.15, 0.2) is 0 Å². The van der Waals surface area contributed by atoms with Crippen LogP contribution in [-0.2, 0) is 9.59 Å². The SMILES string of the molecule is O=C(O)CN1C(=O)C2(CCCC2)NC[C@H]1c1ccccc1. The van der Waals surface area contributed by atoms with Crippen molar-refractivity contribution in [2.45, 2.75) is 37.3 Å². The second kappa shape index (κ2) is 5.48. The van der Waals surface area contributed by atoms with Gasteiger partial charge < -0.3 is 15.3 Å². The maximum atomic E-state index is 12.9. The van der Waals surface area contributed by atoms with Gasteiger partial charge in [0.25, 0.3) is 0 Å². The van der Waals surface area contributed by atoms with Crippen molar-refractivity contribution in [3.63, 3.8) is 0 Å². The highest BCUT2D eigenvalue weighted by Gasteiger charge is 2.49. The summed E-state index contributed by atoms with van der Waals surface area (Å²) in [7, 11) is 0. The number of rotatable bonds is 3. The van der Waals surface area contributed by atoms with Crippen molar-refractivity contribution in [2.75, 3.05) is 13.1 Å². The molecule has 0 radical (unpaired) electrons. The van der Waals surface area contributed by atoms with Crippen LogP contribution in [0.5, 0.6) is 0 Å². The quantitative estimate of drug-likeness (QED) is 0.885. The van der Waals surface area contributed by atoms with Gasteiger partial charge in [0.2, 0.25) is 5.91 Å². The Morgan fingerprint density at radius 2 is 1.95 bits per heavy atom. The maximum absolute atomic E-state index is 12.9. The number of carbonyl (C=O) groups excluding carboxylic acids is 1. The van der Waals surface area contributed by atoms with E-state index in [-0.39, 0.29) is 18.5 Å². The first-order chi connectivity index (χ1) is 10.1. The average Bonchev–Trinajstić information content (AvgIpc) is 2.95. The standard InChI is InChI=1S/C16H20N2O3/c19-14(20)11-18-13(12-6-2-1-3-7-12)10-17-16(15(18)21)8-4-5-9-16/h1-3,6-7,13,17H,4-5,8-11H2,(H,19,20)/t13-/m0/s1. The predicted molar refractivity (Wildman–Crippen MR) is 77.7 cm³/mol. The Hall–Kier alpha value is -1.88. The lowest BCUT2D eigenvalue weighted by atomic mass is 9.89. The monoisotopic (exact) mass is 288 g/mol. The summed E-state index contributed by atoms with van der Waals surface area (Å²) >= 11 is 0. The van der Waals surface area contributed by atoms with Gasteiger partial charge in [-0.2, -0.15) is 0 Å². The van der Waals surface area contributed by atoms with Gasteiger partial charge in [0, 0.05) is 6.54 Å². The first-order valence-corrected chi connectivity index (χ1v) is 7.45. The summed E-state index contributed by atoms with van der Waals surface area (Å²) in [6.45, 7) is 0.380. The van der Waals surface area contributed by atoms with Gasteiger partial charge in [-0.3, -0.25) is 9.59 Å². The van der Waals surface area contributed by atoms with Crippen LogP contribution < -0.4 is 5.32 Å². The maximum Gasteiger partial charge on any atom is 0.323 e. The van der Waals surface area contributed by atoms with E-state index in [1.165, 1.54) is 0 Å². The van der Waals surface area contributed by atoms with Crippen LogP contribution >= 0.6 is 0 Å². The van der Waals surface area contributed by atoms with E-state index in [9.17, 15) is 9.59 Å². The summed E-state index contributed by atoms with van der Waals surface area (Å²) in [5.41, 5.74) is 0.452. The van der Waals surface area contributed by atoms with Gasteiger partial charge in [0.05, 0.1) is 11.6 Å². The average molecular weight is 288 g/mol. The normalized spacial score (nSPS) is 24.5. The Kier molecular flexibility index (Phi) is 3.68. The largest absolute Gasteiger partial charge is 0.480 e. The summed E-state index contributed by atoms with van der Waals surface area (Å²) < 4.78 is 0. The van der Waals surface area contributed by atoms with Crippen molar-refractivity contribution in [1.29, 1.82) is 0 Å². The number of hydrogen-bond donors (Lipinski definition) is 2. The van der Waals surface area contributed by atoms with Gasteiger partial charge in [0.1, 0.15) is 6.54 Å². The lowest BCUT2D eigenvalue weighted by molar-refractivity contribution is -0.153. The number of carboxylic acids is 1. The molecule has 1 saturated heterocycles. The summed E-state index contributed by atoms with van der Waals surface area (Å²) in [5, 5.41) is 12.6. The Morgan fingerprint density at radius 1 is 1.29 bits per heavy atom. The van der Waals surface area contributed by atoms with Crippen molar-refractivity contribution in [3.05, 3.63) is 35.9 Å². The molecule has 5 heteroatoms. The van der Waals surface area contributed by atoms with Crippen LogP contribution in [-0.4, -0.2) is 40.5 Å². The van der Waals surface area contributed by atoms with E-state index < -0.39 is 11.5 Å². The van der Waals surface area contributed by atoms with Crippen molar-refractivity contribution in [2.24, 2.45) is 0 Å². The molecular weight excluding hydrogens is 268 g/mol. The molecule has 1 heterocycles. The molecule has 1 aromatic carbocycles. The molecule has 21 heavy (non-hydrogen) atoms. The van der Waals surface area contributed by atoms with E-state index in [2.05, 4.69) is 5.32 Å². The van der Waals surface area contributed by atoms with E-state index in [1.807, 2.05) is 30.3 Å². The van der Waals surface area contributed by atoms with Crippen LogP contribution in [0.15, 0.2) is 30.3 Å². The number of nitrogens with one attached hydrogen (secondary N) is 1. The number of benzene rings is 1. The molecular formula is C16H20N2O3. The molecule has 1 saturated carbocycles. The van der Waals surface area contributed by atoms with Crippen LogP contribution in [0, 0.1) is 0 Å². The third-order valence-electron chi connectivity index (χ3n) is 4.63. The van der Waals surface area contributed by atoms with Crippen molar-refractivity contribution < 1.29 is 14.7 Å². The van der Waals surface area contributed by atoms with E-state index in [4.69, 9.17) is 5.11 Å². The molecule has 1 spiro atoms. The molecule has 1 aliphatic carbocycles. The van der Waals surface area contributed by atoms with Gasteiger partial charge in [-0.15, -0.1) is 0 Å². The van der Waals surface area contributed by atoms with E-state index in [0.717, 1.165) is 31.2 Å². The summed E-state index contributed by atoms with van der Waals surface area (Å²) in [4.78, 5) is 25.6. The third kappa shape index (κ3) is 2.53. The van der Waals surface area contributed by atoms with Gasteiger partial charge in [-0.1, -0.05) is 43.2 Å². The predicted octanol–water partition coefficient (Wildman–Crippen LogP) is 1.56. The molecule has 1 amide bonds. The fraction of sp³-hybridized carbons (Fsp3) is 0.500. The first-order valence-electron chi connectivity index (χ1n) is 7.45. The number of carbonyl (C=O) groups is 2. The number of aliphatic carboxylic acids is 1. The zero-order chi connectivity index (χ0) is 14.9. The zero-order valence-electron chi connectivity index (χ0n) is 11.9. The van der Waals surface area contributed by atoms with Crippen molar-refractivity contribution in [3.8, 4) is 0 Å². The fourth-order valence-corrected chi connectivity index (χ4v) is 3.56. The second-order valence-electron chi connectivity index (χ2n) is 5.92. The number of piperazine rings is 1. The summed E-state index contributed by atoms with van der Waals surface area (Å²) in [6.07, 6.45) is 3.66. The highest BCUT2D eigenvalue weighted by molar-refractivity contribution is 5.90. The van der Waals surface area contributed by atoms with Crippen molar-refractivity contribution >= 4 is 11.9 Å². The van der Waals surface area contributed by atoms with Crippen LogP contribution in [0.25, 0.3) is 0 Å². The minimum atomic E-state index is -0.959. The molecule has 0 unspecified atom stereocenters. The zero-order valence-corrected chi connectivity index (χ0v) is 11.9. The molecule has 2 fully saturated rings. The van der Waals surface area contributed by atoms with E-state index in [0.29, 0.717) is 6.54 Å². The lowest BCUT2D eigenvalue weighted by Gasteiger charge is -2.45. The molecule has 5 nitrogen and oxygen atoms in total. The number of amides is 1. The minimum Gasteiger partial charge on any atom is -0.480 e. The lowest BCUT2D eigenvalue weighted by Crippen LogP contribution is -2.64. The number of nitrogens with zero attached hydrogens (tertiary/aromatic N) is 1. The van der Waals surface area contributed by atoms with E-state index in [1.54, 1.807) is 4.90 Å². The number of hydrogen-bond acceptors (Lipinski definition) is 3. The highest BCUT2D eigenvalue weighted by Crippen LogP contribution is 2.37. The second-order valence-corrected chi connectivity index (χ2v) is 5.92. The molecule has 0 bridgehead atoms. The Labute approximate surface area is 123 Å². The molecule has 1 aromatic rings. The summed E-state index contributed by atoms with van der Waals surface area (Å²) in [5.74, 6) is -1.01. The Bertz CT molecular complexity index is 538. The van der Waals surface area contributed by atoms with Crippen LogP contribution in [0.3, 0.4) is 0 Å². The number of carboxylic acid groups (broad SMARTS) is 1. The topological polar surface area (TPSA) is 69.6 Å². The molecule has 1 atom stereocenters. The first kappa shape index (κ1) is 14.1. The van der Waals surface area contributed by atoms with Crippen LogP contribution in [0.2, 0.25) is 0 Å². The fourth-order valence-electron chi connectivity index (χ4n) is 3.56. The smallest absolute Gasteiger partial charge is 0.323 e. The van der Waals surface area contributed by atoms with E-state index >= 15 is 0 Å². The third-order valence-corrected chi connectivity index (χ3v) is 4.63. The Morgan fingerprint density at radius 3 is 2.57 bits per heavy atom. The Balaban J connectivity index is 1.91.